The molecule has 0 bridgehead atoms. The van der Waals surface area contributed by atoms with Crippen molar-refractivity contribution in [2.24, 2.45) is 0 Å². The molecule has 0 aliphatic rings. The number of aliphatic hydroxyl groups excluding tert-OH is 1. The van der Waals surface area contributed by atoms with Crippen LogP contribution in [0, 0.1) is 6.92 Å². The topological polar surface area (TPSA) is 75.6 Å². The number of nitrogens with one attached hydrogen (secondary N) is 1. The Balaban J connectivity index is 2.00. The lowest BCUT2D eigenvalue weighted by Crippen LogP contribution is -1.98. The highest BCUT2D eigenvalue weighted by Gasteiger charge is 2.16. The molecule has 0 spiro atoms. The molecular formula is C15H14N4O2S. The molecule has 0 aliphatic carbocycles. The summed E-state index contributed by atoms with van der Waals surface area (Å²) in [6, 6.07) is 5.65. The van der Waals surface area contributed by atoms with Gasteiger partial charge in [-0.3, -0.25) is 4.40 Å². The van der Waals surface area contributed by atoms with Crippen LogP contribution in [0.15, 0.2) is 28.8 Å². The maximum Gasteiger partial charge on any atom is 0.181 e. The maximum atomic E-state index is 9.13. The minimum Gasteiger partial charge on any atom is -0.458 e. The molecule has 4 aromatic heterocycles. The summed E-state index contributed by atoms with van der Waals surface area (Å²) in [7, 11) is 1.84. The van der Waals surface area contributed by atoms with Gasteiger partial charge in [-0.1, -0.05) is 0 Å². The molecule has 7 heteroatoms. The van der Waals surface area contributed by atoms with Crippen LogP contribution in [-0.4, -0.2) is 26.5 Å². The van der Waals surface area contributed by atoms with Crippen molar-refractivity contribution in [3.8, 4) is 10.6 Å². The summed E-state index contributed by atoms with van der Waals surface area (Å²) in [6.07, 6.45) is 1.84. The van der Waals surface area contributed by atoms with Crippen LogP contribution in [0.5, 0.6) is 0 Å². The fraction of sp³-hybridized carbons (Fsp3) is 0.200. The minimum absolute atomic E-state index is 0.0993. The Morgan fingerprint density at radius 2 is 2.27 bits per heavy atom. The van der Waals surface area contributed by atoms with Crippen LogP contribution in [0.25, 0.3) is 26.6 Å². The minimum atomic E-state index is -0.0993. The summed E-state index contributed by atoms with van der Waals surface area (Å²) in [6.45, 7) is 1.92. The van der Waals surface area contributed by atoms with Gasteiger partial charge in [0.05, 0.1) is 4.88 Å². The van der Waals surface area contributed by atoms with Crippen molar-refractivity contribution in [3.05, 3.63) is 35.9 Å². The highest BCUT2D eigenvalue weighted by molar-refractivity contribution is 7.21. The van der Waals surface area contributed by atoms with Crippen LogP contribution in [-0.2, 0) is 6.61 Å². The van der Waals surface area contributed by atoms with Gasteiger partial charge in [-0.05, 0) is 25.1 Å². The van der Waals surface area contributed by atoms with Crippen molar-refractivity contribution in [1.29, 1.82) is 0 Å². The van der Waals surface area contributed by atoms with Crippen LogP contribution in [0.1, 0.15) is 11.5 Å². The number of hydrogen-bond donors (Lipinski definition) is 2. The van der Waals surface area contributed by atoms with Crippen molar-refractivity contribution < 1.29 is 9.52 Å². The second kappa shape index (κ2) is 4.82. The van der Waals surface area contributed by atoms with Gasteiger partial charge in [0.1, 0.15) is 28.5 Å². The summed E-state index contributed by atoms with van der Waals surface area (Å²) in [5, 5.41) is 12.2. The monoisotopic (exact) mass is 314 g/mol. The summed E-state index contributed by atoms with van der Waals surface area (Å²) >= 11 is 1.60. The van der Waals surface area contributed by atoms with E-state index in [1.54, 1.807) is 17.4 Å². The molecule has 6 nitrogen and oxygen atoms in total. The van der Waals surface area contributed by atoms with E-state index in [2.05, 4.69) is 19.7 Å². The number of thiophene rings is 1. The highest BCUT2D eigenvalue weighted by atomic mass is 32.1. The normalized spacial score (nSPS) is 11.6. The lowest BCUT2D eigenvalue weighted by molar-refractivity contribution is 0.249. The first-order valence-corrected chi connectivity index (χ1v) is 7.68. The second-order valence-corrected chi connectivity index (χ2v) is 6.02. The Kier molecular flexibility index (Phi) is 2.91. The third-order valence-electron chi connectivity index (χ3n) is 3.58. The number of rotatable bonds is 3. The Bertz CT molecular complexity index is 982. The number of hydrogen-bond acceptors (Lipinski definition) is 6. The van der Waals surface area contributed by atoms with E-state index >= 15 is 0 Å². The van der Waals surface area contributed by atoms with Gasteiger partial charge in [-0.15, -0.1) is 11.3 Å². The summed E-state index contributed by atoms with van der Waals surface area (Å²) < 4.78 is 7.72. The van der Waals surface area contributed by atoms with Crippen LogP contribution < -0.4 is 5.32 Å². The molecule has 4 aromatic rings. The predicted octanol–water partition coefficient (Wildman–Crippen LogP) is 3.05. The summed E-state index contributed by atoms with van der Waals surface area (Å²) in [5.41, 5.74) is 2.76. The number of fused-ring (bicyclic) bond motifs is 3. The molecule has 0 saturated heterocycles. The van der Waals surface area contributed by atoms with Crippen molar-refractivity contribution in [2.45, 2.75) is 13.5 Å². The molecule has 0 saturated carbocycles. The van der Waals surface area contributed by atoms with Gasteiger partial charge < -0.3 is 14.8 Å². The molecule has 22 heavy (non-hydrogen) atoms. The van der Waals surface area contributed by atoms with E-state index in [0.29, 0.717) is 5.76 Å². The average Bonchev–Trinajstić information content (AvgIpc) is 3.22. The van der Waals surface area contributed by atoms with Gasteiger partial charge in [0.2, 0.25) is 0 Å². The van der Waals surface area contributed by atoms with Gasteiger partial charge in [-0.2, -0.15) is 0 Å². The van der Waals surface area contributed by atoms with E-state index in [0.717, 1.165) is 38.1 Å². The zero-order valence-corrected chi connectivity index (χ0v) is 12.9. The number of aromatic nitrogens is 3. The Hall–Kier alpha value is -2.38. The van der Waals surface area contributed by atoms with E-state index in [1.807, 2.05) is 32.3 Å². The maximum absolute atomic E-state index is 9.13. The fourth-order valence-electron chi connectivity index (χ4n) is 2.53. The zero-order chi connectivity index (χ0) is 15.3. The molecule has 0 aliphatic heterocycles. The van der Waals surface area contributed by atoms with E-state index in [1.165, 1.54) is 0 Å². The molecule has 4 rings (SSSR count). The van der Waals surface area contributed by atoms with Crippen molar-refractivity contribution in [3.63, 3.8) is 0 Å². The summed E-state index contributed by atoms with van der Waals surface area (Å²) in [4.78, 5) is 11.1. The second-order valence-electron chi connectivity index (χ2n) is 4.99. The molecule has 0 atom stereocenters. The summed E-state index contributed by atoms with van der Waals surface area (Å²) in [5.74, 6) is 2.05. The van der Waals surface area contributed by atoms with Crippen LogP contribution in [0.2, 0.25) is 0 Å². The first-order valence-electron chi connectivity index (χ1n) is 6.86. The molecular weight excluding hydrogens is 300 g/mol. The molecule has 4 heterocycles. The fourth-order valence-corrected chi connectivity index (χ4v) is 3.65. The SMILES string of the molecule is CNc1nc2cc(-c3ccc(CO)o3)sc2n2c(C)cnc12. The number of anilines is 1. The molecule has 2 N–H and O–H groups in total. The number of aryl methyl sites for hydroxylation is 1. The van der Waals surface area contributed by atoms with Gasteiger partial charge in [0, 0.05) is 18.9 Å². The largest absolute Gasteiger partial charge is 0.458 e. The van der Waals surface area contributed by atoms with E-state index < -0.39 is 0 Å². The lowest BCUT2D eigenvalue weighted by Gasteiger charge is -2.04. The Morgan fingerprint density at radius 3 is 3.00 bits per heavy atom. The van der Waals surface area contributed by atoms with E-state index in [-0.39, 0.29) is 6.61 Å². The third kappa shape index (κ3) is 1.83. The Morgan fingerprint density at radius 1 is 1.41 bits per heavy atom. The first-order chi connectivity index (χ1) is 10.7. The lowest BCUT2D eigenvalue weighted by atomic mass is 10.3. The average molecular weight is 314 g/mol. The Labute approximate surface area is 130 Å². The third-order valence-corrected chi connectivity index (χ3v) is 4.70. The van der Waals surface area contributed by atoms with Crippen LogP contribution in [0.4, 0.5) is 5.82 Å². The van der Waals surface area contributed by atoms with Crippen molar-refractivity contribution >= 4 is 33.1 Å². The van der Waals surface area contributed by atoms with Crippen LogP contribution in [0.3, 0.4) is 0 Å². The van der Waals surface area contributed by atoms with Crippen molar-refractivity contribution in [2.75, 3.05) is 12.4 Å². The quantitative estimate of drug-likeness (QED) is 0.608. The standard InChI is InChI=1S/C15H14N4O2S/c1-8-6-17-14-13(16-2)18-10-5-12(22-15(10)19(8)14)11-4-3-9(7-20)21-11/h3-6,20H,7H2,1-2H3,(H,16,18). The highest BCUT2D eigenvalue weighted by Crippen LogP contribution is 2.35. The number of nitrogens with zero attached hydrogens (tertiary/aromatic N) is 3. The number of furan rings is 1. The molecule has 0 unspecified atom stereocenters. The number of aliphatic hydroxyl groups is 1. The molecule has 0 fully saturated rings. The molecule has 112 valence electrons. The van der Waals surface area contributed by atoms with Gasteiger partial charge >= 0.3 is 0 Å². The molecule has 0 amide bonds. The van der Waals surface area contributed by atoms with Crippen LogP contribution >= 0.6 is 11.3 Å². The first kappa shape index (κ1) is 13.3. The van der Waals surface area contributed by atoms with Crippen molar-refractivity contribution in [1.82, 2.24) is 14.4 Å². The van der Waals surface area contributed by atoms with Gasteiger partial charge in [0.15, 0.2) is 11.5 Å². The zero-order valence-electron chi connectivity index (χ0n) is 12.1. The smallest absolute Gasteiger partial charge is 0.181 e. The predicted molar refractivity (Wildman–Crippen MR) is 86.3 cm³/mol. The van der Waals surface area contributed by atoms with Gasteiger partial charge in [0.25, 0.3) is 0 Å². The number of imidazole rings is 1. The van der Waals surface area contributed by atoms with E-state index in [9.17, 15) is 0 Å². The van der Waals surface area contributed by atoms with Gasteiger partial charge in [-0.25, -0.2) is 9.97 Å². The van der Waals surface area contributed by atoms with E-state index in [4.69, 9.17) is 9.52 Å². The molecule has 0 aromatic carbocycles. The molecule has 0 radical (unpaired) electrons.